The van der Waals surface area contributed by atoms with Gasteiger partial charge >= 0.3 is 6.18 Å². The molecule has 3 rings (SSSR count). The number of alkyl halides is 3. The first-order chi connectivity index (χ1) is 13.3. The summed E-state index contributed by atoms with van der Waals surface area (Å²) in [7, 11) is 4.09. The third-order valence-electron chi connectivity index (χ3n) is 4.76. The minimum absolute atomic E-state index is 0.0446. The summed E-state index contributed by atoms with van der Waals surface area (Å²) in [5.41, 5.74) is -0.442. The van der Waals surface area contributed by atoms with E-state index in [2.05, 4.69) is 30.1 Å². The number of hydrogen-bond donors (Lipinski definition) is 1. The molecule has 2 aromatic rings. The fourth-order valence-electron chi connectivity index (χ4n) is 3.15. The molecule has 28 heavy (non-hydrogen) atoms. The van der Waals surface area contributed by atoms with Gasteiger partial charge in [0.15, 0.2) is 11.5 Å². The molecule has 1 fully saturated rings. The number of nitrogens with zero attached hydrogens (tertiary/aromatic N) is 5. The van der Waals surface area contributed by atoms with E-state index < -0.39 is 11.9 Å². The smallest absolute Gasteiger partial charge is 0.367 e. The zero-order valence-corrected chi connectivity index (χ0v) is 16.1. The quantitative estimate of drug-likeness (QED) is 0.813. The fourth-order valence-corrected chi connectivity index (χ4v) is 3.15. The van der Waals surface area contributed by atoms with Crippen molar-refractivity contribution in [3.63, 3.8) is 0 Å². The summed E-state index contributed by atoms with van der Waals surface area (Å²) in [5, 5.41) is 3.19. The molecule has 0 radical (unpaired) electrons. The number of nitrogens with one attached hydrogen (secondary N) is 1. The summed E-state index contributed by atoms with van der Waals surface area (Å²) in [6, 6.07) is 4.28. The van der Waals surface area contributed by atoms with Crippen LogP contribution in [0.4, 0.5) is 19.0 Å². The molecular formula is C19H25F3N6. The Morgan fingerprint density at radius 2 is 1.82 bits per heavy atom. The van der Waals surface area contributed by atoms with Crippen LogP contribution in [0.15, 0.2) is 30.6 Å². The normalized spacial score (nSPS) is 16.5. The molecule has 1 aliphatic heterocycles. The molecule has 1 saturated heterocycles. The Bertz CT molecular complexity index is 758. The van der Waals surface area contributed by atoms with E-state index in [1.807, 2.05) is 14.1 Å². The lowest BCUT2D eigenvalue weighted by atomic mass is 10.0. The third-order valence-corrected chi connectivity index (χ3v) is 4.76. The third kappa shape index (κ3) is 5.62. The van der Waals surface area contributed by atoms with Crippen LogP contribution in [-0.4, -0.2) is 71.1 Å². The molecular weight excluding hydrogens is 369 g/mol. The monoisotopic (exact) mass is 394 g/mol. The number of hydrogen-bond acceptors (Lipinski definition) is 6. The Balaban J connectivity index is 1.72. The maximum atomic E-state index is 13.3. The van der Waals surface area contributed by atoms with Crippen molar-refractivity contribution in [2.75, 3.05) is 45.6 Å². The van der Waals surface area contributed by atoms with Crippen LogP contribution in [-0.2, 0) is 6.18 Å². The Kier molecular flexibility index (Phi) is 6.46. The Labute approximate surface area is 162 Å². The van der Waals surface area contributed by atoms with Gasteiger partial charge in [0, 0.05) is 56.2 Å². The number of rotatable bonds is 6. The van der Waals surface area contributed by atoms with Crippen LogP contribution in [0.5, 0.6) is 0 Å². The zero-order valence-electron chi connectivity index (χ0n) is 16.1. The van der Waals surface area contributed by atoms with Crippen molar-refractivity contribution < 1.29 is 13.2 Å². The Hall–Kier alpha value is -2.26. The van der Waals surface area contributed by atoms with E-state index >= 15 is 0 Å². The number of halogens is 3. The molecule has 3 heterocycles. The van der Waals surface area contributed by atoms with Crippen LogP contribution in [0.2, 0.25) is 0 Å². The average Bonchev–Trinajstić information content (AvgIpc) is 2.67. The highest BCUT2D eigenvalue weighted by Crippen LogP contribution is 2.31. The van der Waals surface area contributed by atoms with Crippen LogP contribution in [0, 0.1) is 0 Å². The van der Waals surface area contributed by atoms with Gasteiger partial charge in [-0.15, -0.1) is 0 Å². The summed E-state index contributed by atoms with van der Waals surface area (Å²) >= 11 is 0. The van der Waals surface area contributed by atoms with Gasteiger partial charge in [-0.2, -0.15) is 13.2 Å². The molecule has 0 spiro atoms. The molecule has 0 aromatic carbocycles. The van der Waals surface area contributed by atoms with Gasteiger partial charge in [-0.05, 0) is 39.1 Å². The minimum Gasteiger partial charge on any atom is -0.367 e. The molecule has 0 aliphatic carbocycles. The van der Waals surface area contributed by atoms with E-state index in [1.54, 1.807) is 12.1 Å². The average molecular weight is 394 g/mol. The Morgan fingerprint density at radius 1 is 1.14 bits per heavy atom. The highest BCUT2D eigenvalue weighted by Gasteiger charge is 2.34. The second-order valence-electron chi connectivity index (χ2n) is 7.26. The zero-order chi connectivity index (χ0) is 20.1. The molecule has 0 unspecified atom stereocenters. The molecule has 2 aromatic heterocycles. The SMILES string of the molecule is CN(C)CCN1CCC(Nc2cc(C(F)(F)F)nc(-c3ccncc3)n2)CC1. The first-order valence-corrected chi connectivity index (χ1v) is 9.31. The summed E-state index contributed by atoms with van der Waals surface area (Å²) in [6.45, 7) is 3.83. The summed E-state index contributed by atoms with van der Waals surface area (Å²) in [6.07, 6.45) is 0.217. The van der Waals surface area contributed by atoms with E-state index in [-0.39, 0.29) is 17.7 Å². The van der Waals surface area contributed by atoms with Gasteiger partial charge in [0.2, 0.25) is 0 Å². The van der Waals surface area contributed by atoms with Crippen molar-refractivity contribution in [3.05, 3.63) is 36.3 Å². The lowest BCUT2D eigenvalue weighted by molar-refractivity contribution is -0.141. The summed E-state index contributed by atoms with van der Waals surface area (Å²) in [5.74, 6) is 0.254. The van der Waals surface area contributed by atoms with Gasteiger partial charge in [-0.1, -0.05) is 0 Å². The molecule has 0 saturated carbocycles. The molecule has 0 bridgehead atoms. The molecule has 1 N–H and O–H groups in total. The van der Waals surface area contributed by atoms with E-state index in [0.717, 1.165) is 45.1 Å². The van der Waals surface area contributed by atoms with Crippen LogP contribution < -0.4 is 5.32 Å². The molecule has 1 aliphatic rings. The highest BCUT2D eigenvalue weighted by molar-refractivity contribution is 5.57. The number of likely N-dealkylation sites (N-methyl/N-ethyl adjacent to an activating group) is 1. The van der Waals surface area contributed by atoms with Crippen molar-refractivity contribution in [2.24, 2.45) is 0 Å². The lowest BCUT2D eigenvalue weighted by Crippen LogP contribution is -2.41. The first-order valence-electron chi connectivity index (χ1n) is 9.31. The maximum Gasteiger partial charge on any atom is 0.433 e. The van der Waals surface area contributed by atoms with Crippen LogP contribution in [0.25, 0.3) is 11.4 Å². The molecule has 6 nitrogen and oxygen atoms in total. The van der Waals surface area contributed by atoms with E-state index in [4.69, 9.17) is 0 Å². The molecule has 0 amide bonds. The van der Waals surface area contributed by atoms with E-state index in [1.165, 1.54) is 12.4 Å². The van der Waals surface area contributed by atoms with Crippen molar-refractivity contribution >= 4 is 5.82 Å². The fraction of sp³-hybridized carbons (Fsp3) is 0.526. The largest absolute Gasteiger partial charge is 0.433 e. The second-order valence-corrected chi connectivity index (χ2v) is 7.26. The highest BCUT2D eigenvalue weighted by atomic mass is 19.4. The van der Waals surface area contributed by atoms with Gasteiger partial charge in [0.1, 0.15) is 5.82 Å². The maximum absolute atomic E-state index is 13.3. The predicted octanol–water partition coefficient (Wildman–Crippen LogP) is 3.00. The predicted molar refractivity (Wildman–Crippen MR) is 102 cm³/mol. The number of anilines is 1. The summed E-state index contributed by atoms with van der Waals surface area (Å²) in [4.78, 5) is 16.4. The number of likely N-dealkylation sites (tertiary alicyclic amines) is 1. The van der Waals surface area contributed by atoms with Crippen LogP contribution in [0.1, 0.15) is 18.5 Å². The van der Waals surface area contributed by atoms with Crippen molar-refractivity contribution in [1.82, 2.24) is 24.8 Å². The molecule has 0 atom stereocenters. The van der Waals surface area contributed by atoms with Gasteiger partial charge in [0.25, 0.3) is 0 Å². The number of piperidine rings is 1. The number of aromatic nitrogens is 3. The number of pyridine rings is 1. The van der Waals surface area contributed by atoms with Crippen molar-refractivity contribution in [1.29, 1.82) is 0 Å². The molecule has 152 valence electrons. The summed E-state index contributed by atoms with van der Waals surface area (Å²) < 4.78 is 39.9. The molecule has 9 heteroatoms. The second kappa shape index (κ2) is 8.83. The van der Waals surface area contributed by atoms with Crippen LogP contribution >= 0.6 is 0 Å². The van der Waals surface area contributed by atoms with Crippen molar-refractivity contribution in [2.45, 2.75) is 25.1 Å². The van der Waals surface area contributed by atoms with Gasteiger partial charge in [0.05, 0.1) is 0 Å². The van der Waals surface area contributed by atoms with Gasteiger partial charge in [-0.3, -0.25) is 4.98 Å². The van der Waals surface area contributed by atoms with Gasteiger partial charge in [-0.25, -0.2) is 9.97 Å². The topological polar surface area (TPSA) is 57.2 Å². The standard InChI is InChI=1S/C19H25F3N6/c1-27(2)11-12-28-9-5-15(6-10-28)24-17-13-16(19(20,21)22)25-18(26-17)14-3-7-23-8-4-14/h3-4,7-8,13,15H,5-6,9-12H2,1-2H3,(H,24,25,26). The van der Waals surface area contributed by atoms with E-state index in [9.17, 15) is 13.2 Å². The minimum atomic E-state index is -4.53. The Morgan fingerprint density at radius 3 is 2.43 bits per heavy atom. The lowest BCUT2D eigenvalue weighted by Gasteiger charge is -2.33. The van der Waals surface area contributed by atoms with Gasteiger partial charge < -0.3 is 15.1 Å². The first kappa shape index (κ1) is 20.5. The van der Waals surface area contributed by atoms with E-state index in [0.29, 0.717) is 5.56 Å². The van der Waals surface area contributed by atoms with Crippen LogP contribution in [0.3, 0.4) is 0 Å². The van der Waals surface area contributed by atoms with Crippen molar-refractivity contribution in [3.8, 4) is 11.4 Å².